The zero-order valence-electron chi connectivity index (χ0n) is 12.4. The molecule has 2 aromatic carbocycles. The molecule has 132 valence electrons. The standard InChI is InChI=1S/C12H6N6O8/c19-15(20)9-5-1-3-7(11(9)17(23)24)13-14-8-4-2-6-10(16(21)22)12(8)18(25)26/h1-6H. The van der Waals surface area contributed by atoms with Gasteiger partial charge in [0.15, 0.2) is 11.4 Å². The minimum absolute atomic E-state index is 0.537. The van der Waals surface area contributed by atoms with E-state index in [0.717, 1.165) is 36.4 Å². The van der Waals surface area contributed by atoms with Gasteiger partial charge in [-0.25, -0.2) is 0 Å². The lowest BCUT2D eigenvalue weighted by molar-refractivity contribution is -0.422. The minimum Gasteiger partial charge on any atom is -0.258 e. The predicted molar refractivity (Wildman–Crippen MR) is 83.7 cm³/mol. The average molecular weight is 362 g/mol. The second-order valence-electron chi connectivity index (χ2n) is 4.52. The second-order valence-corrected chi connectivity index (χ2v) is 4.52. The van der Waals surface area contributed by atoms with Crippen LogP contribution in [0.25, 0.3) is 0 Å². The van der Waals surface area contributed by atoms with Crippen LogP contribution >= 0.6 is 0 Å². The molecule has 0 saturated carbocycles. The van der Waals surface area contributed by atoms with Crippen molar-refractivity contribution in [3.05, 3.63) is 76.9 Å². The largest absolute Gasteiger partial charge is 0.373 e. The van der Waals surface area contributed by atoms with E-state index in [0.29, 0.717) is 0 Å². The second kappa shape index (κ2) is 7.04. The van der Waals surface area contributed by atoms with E-state index in [4.69, 9.17) is 0 Å². The van der Waals surface area contributed by atoms with Gasteiger partial charge in [0.1, 0.15) is 0 Å². The van der Waals surface area contributed by atoms with Crippen LogP contribution in [0.15, 0.2) is 46.6 Å². The minimum atomic E-state index is -1.05. The van der Waals surface area contributed by atoms with Crippen LogP contribution in [-0.4, -0.2) is 19.7 Å². The Morgan fingerprint density at radius 1 is 0.577 bits per heavy atom. The van der Waals surface area contributed by atoms with Crippen LogP contribution in [0.5, 0.6) is 0 Å². The van der Waals surface area contributed by atoms with Crippen molar-refractivity contribution in [2.75, 3.05) is 0 Å². The van der Waals surface area contributed by atoms with Crippen molar-refractivity contribution in [1.82, 2.24) is 0 Å². The number of rotatable bonds is 6. The van der Waals surface area contributed by atoms with E-state index in [-0.39, 0.29) is 0 Å². The van der Waals surface area contributed by atoms with E-state index >= 15 is 0 Å². The number of hydrogen-bond donors (Lipinski definition) is 0. The van der Waals surface area contributed by atoms with Crippen LogP contribution in [-0.2, 0) is 0 Å². The Kier molecular flexibility index (Phi) is 4.87. The van der Waals surface area contributed by atoms with Gasteiger partial charge in [-0.2, -0.15) is 0 Å². The Morgan fingerprint density at radius 2 is 0.923 bits per heavy atom. The normalized spacial score (nSPS) is 10.6. The Hall–Kier alpha value is -4.36. The smallest absolute Gasteiger partial charge is 0.258 e. The summed E-state index contributed by atoms with van der Waals surface area (Å²) in [6.07, 6.45) is 0. The van der Waals surface area contributed by atoms with Crippen LogP contribution in [0.1, 0.15) is 0 Å². The first-order valence-electron chi connectivity index (χ1n) is 6.49. The molecule has 0 unspecified atom stereocenters. The predicted octanol–water partition coefficient (Wildman–Crippen LogP) is 3.73. The van der Waals surface area contributed by atoms with Crippen molar-refractivity contribution < 1.29 is 19.7 Å². The Morgan fingerprint density at radius 3 is 1.19 bits per heavy atom. The number of azo groups is 1. The van der Waals surface area contributed by atoms with Crippen LogP contribution in [0.3, 0.4) is 0 Å². The van der Waals surface area contributed by atoms with E-state index < -0.39 is 53.8 Å². The molecule has 0 fully saturated rings. The van der Waals surface area contributed by atoms with E-state index in [1.807, 2.05) is 0 Å². The molecule has 2 aromatic rings. The molecule has 0 heterocycles. The summed E-state index contributed by atoms with van der Waals surface area (Å²) < 4.78 is 0. The molecular weight excluding hydrogens is 356 g/mol. The highest BCUT2D eigenvalue weighted by Crippen LogP contribution is 2.40. The van der Waals surface area contributed by atoms with Crippen molar-refractivity contribution in [1.29, 1.82) is 0 Å². The van der Waals surface area contributed by atoms with Gasteiger partial charge in [-0.3, -0.25) is 40.5 Å². The number of hydrogen-bond acceptors (Lipinski definition) is 10. The van der Waals surface area contributed by atoms with Crippen LogP contribution in [0.2, 0.25) is 0 Å². The summed E-state index contributed by atoms with van der Waals surface area (Å²) in [5, 5.41) is 50.8. The Balaban J connectivity index is 2.62. The van der Waals surface area contributed by atoms with Crippen LogP contribution in [0, 0.1) is 40.5 Å². The van der Waals surface area contributed by atoms with E-state index in [9.17, 15) is 40.5 Å². The monoisotopic (exact) mass is 362 g/mol. The average Bonchev–Trinajstić information content (AvgIpc) is 2.58. The van der Waals surface area contributed by atoms with Gasteiger partial charge in [-0.05, 0) is 12.1 Å². The van der Waals surface area contributed by atoms with Crippen molar-refractivity contribution in [2.45, 2.75) is 0 Å². The molecule has 0 spiro atoms. The Labute approximate surface area is 142 Å². The van der Waals surface area contributed by atoms with E-state index in [2.05, 4.69) is 10.2 Å². The zero-order valence-corrected chi connectivity index (χ0v) is 12.4. The van der Waals surface area contributed by atoms with Crippen LogP contribution < -0.4 is 0 Å². The van der Waals surface area contributed by atoms with Gasteiger partial charge >= 0.3 is 22.7 Å². The maximum absolute atomic E-state index is 11.1. The molecule has 0 aliphatic rings. The first-order chi connectivity index (χ1) is 12.2. The molecule has 14 nitrogen and oxygen atoms in total. The summed E-state index contributed by atoms with van der Waals surface area (Å²) >= 11 is 0. The molecule has 0 radical (unpaired) electrons. The lowest BCUT2D eigenvalue weighted by Gasteiger charge is -1.99. The fourth-order valence-corrected chi connectivity index (χ4v) is 1.98. The van der Waals surface area contributed by atoms with Gasteiger partial charge in [0, 0.05) is 12.1 Å². The molecule has 14 heteroatoms. The van der Waals surface area contributed by atoms with Gasteiger partial charge in [0.2, 0.25) is 0 Å². The molecule has 0 saturated heterocycles. The first kappa shape index (κ1) is 18.0. The quantitative estimate of drug-likeness (QED) is 0.420. The Bertz CT molecular complexity index is 895. The molecule has 0 aliphatic heterocycles. The molecule has 0 bridgehead atoms. The summed E-state index contributed by atoms with van der Waals surface area (Å²) in [4.78, 5) is 39.8. The maximum Gasteiger partial charge on any atom is 0.373 e. The highest BCUT2D eigenvalue weighted by molar-refractivity contribution is 5.70. The third-order valence-electron chi connectivity index (χ3n) is 3.01. The number of nitro groups is 4. The number of para-hydroxylation sites is 2. The van der Waals surface area contributed by atoms with Crippen molar-refractivity contribution >= 4 is 34.1 Å². The fraction of sp³-hybridized carbons (Fsp3) is 0. The lowest BCUT2D eigenvalue weighted by Crippen LogP contribution is -1.97. The highest BCUT2D eigenvalue weighted by Gasteiger charge is 2.30. The summed E-state index contributed by atoms with van der Waals surface area (Å²) in [6.45, 7) is 0. The fourth-order valence-electron chi connectivity index (χ4n) is 1.98. The van der Waals surface area contributed by atoms with Crippen molar-refractivity contribution in [3.8, 4) is 0 Å². The summed E-state index contributed by atoms with van der Waals surface area (Å²) in [5.74, 6) is 0. The maximum atomic E-state index is 11.1. The molecule has 2 rings (SSSR count). The molecule has 0 N–H and O–H groups in total. The summed E-state index contributed by atoms with van der Waals surface area (Å²) in [7, 11) is 0. The first-order valence-corrected chi connectivity index (χ1v) is 6.49. The third-order valence-corrected chi connectivity index (χ3v) is 3.01. The molecule has 0 atom stereocenters. The van der Waals surface area contributed by atoms with Gasteiger partial charge < -0.3 is 0 Å². The topological polar surface area (TPSA) is 197 Å². The van der Waals surface area contributed by atoms with Gasteiger partial charge in [0.25, 0.3) is 0 Å². The van der Waals surface area contributed by atoms with Gasteiger partial charge in [-0.1, -0.05) is 12.1 Å². The summed E-state index contributed by atoms with van der Waals surface area (Å²) in [5.41, 5.74) is -4.70. The highest BCUT2D eigenvalue weighted by atomic mass is 16.6. The van der Waals surface area contributed by atoms with Crippen molar-refractivity contribution in [3.63, 3.8) is 0 Å². The number of nitrogens with zero attached hydrogens (tertiary/aromatic N) is 6. The number of nitro benzene ring substituents is 4. The lowest BCUT2D eigenvalue weighted by atomic mass is 10.2. The third kappa shape index (κ3) is 3.42. The van der Waals surface area contributed by atoms with Gasteiger partial charge in [-0.15, -0.1) is 10.2 Å². The van der Waals surface area contributed by atoms with Crippen LogP contribution in [0.4, 0.5) is 34.1 Å². The van der Waals surface area contributed by atoms with Crippen molar-refractivity contribution in [2.24, 2.45) is 10.2 Å². The molecule has 0 aliphatic carbocycles. The molecule has 26 heavy (non-hydrogen) atoms. The van der Waals surface area contributed by atoms with Gasteiger partial charge in [0.05, 0.1) is 19.7 Å². The zero-order chi connectivity index (χ0) is 19.4. The number of benzene rings is 2. The molecule has 0 amide bonds. The molecular formula is C12H6N6O8. The van der Waals surface area contributed by atoms with E-state index in [1.54, 1.807) is 0 Å². The molecule has 0 aromatic heterocycles. The van der Waals surface area contributed by atoms with E-state index in [1.165, 1.54) is 0 Å². The SMILES string of the molecule is O=[N+]([O-])c1cccc(N=Nc2cccc([N+](=O)[O-])c2[N+](=O)[O-])c1[N+](=O)[O-]. The summed E-state index contributed by atoms with van der Waals surface area (Å²) in [6, 6.07) is 6.07.